The Bertz CT molecular complexity index is 447. The fraction of sp³-hybridized carbons (Fsp3) is 0.889. The number of carbonyl (C=O) groups excluding carboxylic acids is 2. The van der Waals surface area contributed by atoms with Crippen molar-refractivity contribution < 1.29 is 14.7 Å². The predicted octanol–water partition coefficient (Wildman–Crippen LogP) is 2.76. The molecule has 2 amide bonds. The van der Waals surface area contributed by atoms with Crippen LogP contribution < -0.4 is 10.6 Å². The van der Waals surface area contributed by atoms with Gasteiger partial charge >= 0.3 is 6.03 Å². The molecule has 1 fully saturated rings. The van der Waals surface area contributed by atoms with Crippen molar-refractivity contribution in [2.75, 3.05) is 19.7 Å². The van der Waals surface area contributed by atoms with E-state index in [0.717, 1.165) is 44.9 Å². The van der Waals surface area contributed by atoms with Crippen LogP contribution >= 0.6 is 0 Å². The lowest BCUT2D eigenvalue weighted by Gasteiger charge is -2.45. The van der Waals surface area contributed by atoms with Crippen LogP contribution in [0.4, 0.5) is 4.79 Å². The molecular weight excluding hydrogens is 306 g/mol. The van der Waals surface area contributed by atoms with Gasteiger partial charge < -0.3 is 15.7 Å². The monoisotopic (exact) mass is 339 g/mol. The number of unbranched alkanes of at least 4 members (excludes halogenated alkanes) is 3. The molecule has 1 aliphatic rings. The summed E-state index contributed by atoms with van der Waals surface area (Å²) < 4.78 is 0. The number of urea groups is 1. The second kappa shape index (κ2) is 9.80. The molecule has 138 valence electrons. The van der Waals surface area contributed by atoms with Gasteiger partial charge in [0.25, 0.3) is 0 Å². The van der Waals surface area contributed by atoms with Crippen LogP contribution in [0.25, 0.3) is 0 Å². The zero-order chi connectivity index (χ0) is 18.1. The quantitative estimate of drug-likeness (QED) is 0.343. The number of hydrogen-bond acceptors (Lipinski definition) is 4. The van der Waals surface area contributed by atoms with Gasteiger partial charge in [-0.3, -0.25) is 0 Å². The molecule has 0 spiro atoms. The molecule has 0 bridgehead atoms. The molecule has 0 heterocycles. The first-order valence-corrected chi connectivity index (χ1v) is 9.00. The molecule has 6 nitrogen and oxygen atoms in total. The molecule has 0 saturated heterocycles. The molecule has 2 atom stereocenters. The molecule has 24 heavy (non-hydrogen) atoms. The van der Waals surface area contributed by atoms with Gasteiger partial charge in [-0.25, -0.2) is 14.6 Å². The number of nitrogens with one attached hydrogen (secondary N) is 2. The van der Waals surface area contributed by atoms with E-state index in [0.29, 0.717) is 13.1 Å². The summed E-state index contributed by atoms with van der Waals surface area (Å²) in [5.41, 5.74) is 0.0358. The summed E-state index contributed by atoms with van der Waals surface area (Å²) in [4.78, 5) is 26.5. The second-order valence-electron chi connectivity index (χ2n) is 8.18. The SMILES string of the molecule is CC1(C)CC(N=C=O)CC(C)(CNC(=O)NCCCCCCO)C1. The molecule has 1 saturated carbocycles. The standard InChI is InChI=1S/C18H33N3O3/c1-17(2)10-15(21-14-23)11-18(3,12-17)13-20-16(24)19-8-6-4-5-7-9-22/h15,22H,4-13H2,1-3H3,(H2,19,20,24). The Balaban J connectivity index is 2.35. The molecule has 1 rings (SSSR count). The molecule has 0 aromatic heterocycles. The van der Waals surface area contributed by atoms with E-state index in [4.69, 9.17) is 5.11 Å². The Morgan fingerprint density at radius 2 is 1.88 bits per heavy atom. The molecule has 1 aliphatic carbocycles. The van der Waals surface area contributed by atoms with Gasteiger partial charge in [0.2, 0.25) is 6.08 Å². The van der Waals surface area contributed by atoms with E-state index >= 15 is 0 Å². The summed E-state index contributed by atoms with van der Waals surface area (Å²) in [6.45, 7) is 7.98. The molecule has 0 aromatic carbocycles. The van der Waals surface area contributed by atoms with Crippen molar-refractivity contribution >= 4 is 12.1 Å². The van der Waals surface area contributed by atoms with Crippen LogP contribution in [0.1, 0.15) is 65.7 Å². The van der Waals surface area contributed by atoms with Crippen molar-refractivity contribution in [2.45, 2.75) is 71.8 Å². The summed E-state index contributed by atoms with van der Waals surface area (Å²) in [6, 6.07) is -0.148. The zero-order valence-corrected chi connectivity index (χ0v) is 15.4. The zero-order valence-electron chi connectivity index (χ0n) is 15.4. The van der Waals surface area contributed by atoms with Gasteiger partial charge in [0.05, 0.1) is 6.04 Å². The first-order chi connectivity index (χ1) is 11.3. The van der Waals surface area contributed by atoms with Crippen LogP contribution in [0, 0.1) is 10.8 Å². The first kappa shape index (κ1) is 20.7. The van der Waals surface area contributed by atoms with E-state index < -0.39 is 0 Å². The number of rotatable bonds is 9. The highest BCUT2D eigenvalue weighted by molar-refractivity contribution is 5.73. The lowest BCUT2D eigenvalue weighted by atomic mass is 9.63. The van der Waals surface area contributed by atoms with Crippen molar-refractivity contribution in [1.29, 1.82) is 0 Å². The van der Waals surface area contributed by atoms with Crippen molar-refractivity contribution in [3.63, 3.8) is 0 Å². The molecular formula is C18H33N3O3. The van der Waals surface area contributed by atoms with E-state index in [1.54, 1.807) is 6.08 Å². The maximum atomic E-state index is 11.9. The number of amides is 2. The van der Waals surface area contributed by atoms with Gasteiger partial charge in [0.15, 0.2) is 0 Å². The number of isocyanates is 1. The predicted molar refractivity (Wildman–Crippen MR) is 94.6 cm³/mol. The highest BCUT2D eigenvalue weighted by Gasteiger charge is 2.41. The van der Waals surface area contributed by atoms with E-state index in [-0.39, 0.29) is 29.5 Å². The van der Waals surface area contributed by atoms with E-state index in [9.17, 15) is 9.59 Å². The minimum absolute atomic E-state index is 0.00682. The number of nitrogens with zero attached hydrogens (tertiary/aromatic N) is 1. The third kappa shape index (κ3) is 7.93. The summed E-state index contributed by atoms with van der Waals surface area (Å²) in [5, 5.41) is 14.6. The van der Waals surface area contributed by atoms with Crippen LogP contribution in [0.3, 0.4) is 0 Å². The van der Waals surface area contributed by atoms with Crippen molar-refractivity contribution in [3.8, 4) is 0 Å². The highest BCUT2D eigenvalue weighted by Crippen LogP contribution is 2.46. The Hall–Kier alpha value is -1.39. The Morgan fingerprint density at radius 3 is 2.54 bits per heavy atom. The molecule has 3 N–H and O–H groups in total. The van der Waals surface area contributed by atoms with E-state index in [1.165, 1.54) is 0 Å². The average molecular weight is 339 g/mol. The largest absolute Gasteiger partial charge is 0.396 e. The third-order valence-electron chi connectivity index (χ3n) is 4.70. The first-order valence-electron chi connectivity index (χ1n) is 9.00. The molecule has 0 aromatic rings. The highest BCUT2D eigenvalue weighted by atomic mass is 16.3. The number of aliphatic hydroxyl groups excluding tert-OH is 1. The van der Waals surface area contributed by atoms with Crippen molar-refractivity contribution in [3.05, 3.63) is 0 Å². The fourth-order valence-corrected chi connectivity index (χ4v) is 4.03. The van der Waals surface area contributed by atoms with Gasteiger partial charge in [-0.2, -0.15) is 0 Å². The van der Waals surface area contributed by atoms with Gasteiger partial charge in [-0.15, -0.1) is 0 Å². The number of carbonyl (C=O) groups is 1. The average Bonchev–Trinajstić information content (AvgIpc) is 2.47. The lowest BCUT2D eigenvalue weighted by Crippen LogP contribution is -2.47. The number of aliphatic imine (C=N–C) groups is 1. The fourth-order valence-electron chi connectivity index (χ4n) is 4.03. The number of hydrogen-bond donors (Lipinski definition) is 3. The summed E-state index contributed by atoms with van der Waals surface area (Å²) >= 11 is 0. The van der Waals surface area contributed by atoms with Crippen LogP contribution in [0.2, 0.25) is 0 Å². The maximum absolute atomic E-state index is 11.9. The summed E-state index contributed by atoms with van der Waals surface area (Å²) in [5.74, 6) is 0. The molecule has 0 aliphatic heterocycles. The topological polar surface area (TPSA) is 90.8 Å². The van der Waals surface area contributed by atoms with E-state index in [2.05, 4.69) is 36.4 Å². The molecule has 0 radical (unpaired) electrons. The van der Waals surface area contributed by atoms with Crippen LogP contribution in [-0.4, -0.2) is 43.0 Å². The Kier molecular flexibility index (Phi) is 8.43. The number of aliphatic hydroxyl groups is 1. The second-order valence-corrected chi connectivity index (χ2v) is 8.18. The normalized spacial score (nSPS) is 25.6. The lowest BCUT2D eigenvalue weighted by molar-refractivity contribution is 0.0850. The van der Waals surface area contributed by atoms with Gasteiger partial charge in [-0.05, 0) is 42.9 Å². The Labute approximate surface area is 145 Å². The minimum atomic E-state index is -0.141. The minimum Gasteiger partial charge on any atom is -0.396 e. The molecule has 2 unspecified atom stereocenters. The summed E-state index contributed by atoms with van der Waals surface area (Å²) in [7, 11) is 0. The maximum Gasteiger partial charge on any atom is 0.314 e. The molecule has 6 heteroatoms. The van der Waals surface area contributed by atoms with Gasteiger partial charge in [0, 0.05) is 19.7 Å². The van der Waals surface area contributed by atoms with Gasteiger partial charge in [-0.1, -0.05) is 33.6 Å². The van der Waals surface area contributed by atoms with Crippen LogP contribution in [0.5, 0.6) is 0 Å². The summed E-state index contributed by atoms with van der Waals surface area (Å²) in [6.07, 6.45) is 8.12. The van der Waals surface area contributed by atoms with Crippen LogP contribution in [0.15, 0.2) is 4.99 Å². The third-order valence-corrected chi connectivity index (χ3v) is 4.70. The van der Waals surface area contributed by atoms with E-state index in [1.807, 2.05) is 0 Å². The van der Waals surface area contributed by atoms with Crippen molar-refractivity contribution in [2.24, 2.45) is 15.8 Å². The van der Waals surface area contributed by atoms with Gasteiger partial charge in [0.1, 0.15) is 0 Å². The van der Waals surface area contributed by atoms with Crippen molar-refractivity contribution in [1.82, 2.24) is 10.6 Å². The van der Waals surface area contributed by atoms with Crippen LogP contribution in [-0.2, 0) is 4.79 Å². The smallest absolute Gasteiger partial charge is 0.314 e. The Morgan fingerprint density at radius 1 is 1.17 bits per heavy atom.